The Bertz CT molecular complexity index is 946. The zero-order chi connectivity index (χ0) is 22.1. The number of methoxy groups -OCH3 is 1. The Kier molecular flexibility index (Phi) is 6.68. The minimum atomic E-state index is -5.10. The van der Waals surface area contributed by atoms with Crippen molar-refractivity contribution >= 4 is 38.8 Å². The van der Waals surface area contributed by atoms with E-state index in [2.05, 4.69) is 4.74 Å². The number of hydrogen-bond acceptors (Lipinski definition) is 6. The second kappa shape index (κ2) is 8.34. The molecule has 2 rings (SSSR count). The van der Waals surface area contributed by atoms with Crippen LogP contribution in [0.15, 0.2) is 23.1 Å². The number of hydrogen-bond donors (Lipinski definition) is 0. The number of esters is 1. The Morgan fingerprint density at radius 3 is 2.45 bits per heavy atom. The van der Waals surface area contributed by atoms with Gasteiger partial charge in [0.2, 0.25) is 0 Å². The number of rotatable bonds is 5. The molecular weight excluding hydrogens is 438 g/mol. The number of alkyl halides is 3. The van der Waals surface area contributed by atoms with E-state index in [-0.39, 0.29) is 29.7 Å². The average Bonchev–Trinajstić information content (AvgIpc) is 3.05. The summed E-state index contributed by atoms with van der Waals surface area (Å²) in [6.45, 7) is 0.848. The van der Waals surface area contributed by atoms with Gasteiger partial charge in [-0.05, 0) is 31.5 Å². The molecular formula is C17H17F4NO5S2. The van der Waals surface area contributed by atoms with Crippen molar-refractivity contribution in [2.45, 2.75) is 42.1 Å². The van der Waals surface area contributed by atoms with E-state index in [0.29, 0.717) is 12.1 Å². The van der Waals surface area contributed by atoms with Crippen molar-refractivity contribution < 1.29 is 40.3 Å². The first-order chi connectivity index (χ1) is 13.3. The van der Waals surface area contributed by atoms with Crippen LogP contribution in [0.25, 0.3) is 0 Å². The van der Waals surface area contributed by atoms with E-state index in [0.717, 1.165) is 7.11 Å². The number of nitrogens with zero attached hydrogens (tertiary/aromatic N) is 1. The molecule has 0 amide bonds. The van der Waals surface area contributed by atoms with Crippen molar-refractivity contribution in [3.63, 3.8) is 0 Å². The largest absolute Gasteiger partial charge is 0.467 e. The SMILES string of the molecule is COC(=O)C1C[C@@H](S(=O)(=O)c2ccc(F)cc2C(F)(F)F)CN1C(=S)CC(C)=O. The number of sulfone groups is 1. The molecule has 12 heteroatoms. The van der Waals surface area contributed by atoms with Crippen LogP contribution in [0.1, 0.15) is 25.3 Å². The van der Waals surface area contributed by atoms with Gasteiger partial charge in [0.1, 0.15) is 17.6 Å². The highest BCUT2D eigenvalue weighted by molar-refractivity contribution is 7.92. The highest BCUT2D eigenvalue weighted by Crippen LogP contribution is 2.38. The van der Waals surface area contributed by atoms with Crippen LogP contribution in [-0.4, -0.2) is 55.0 Å². The Morgan fingerprint density at radius 2 is 1.93 bits per heavy atom. The summed E-state index contributed by atoms with van der Waals surface area (Å²) in [5.41, 5.74) is -1.63. The molecule has 0 spiro atoms. The summed E-state index contributed by atoms with van der Waals surface area (Å²) in [5.74, 6) is -2.40. The van der Waals surface area contributed by atoms with Crippen molar-refractivity contribution in [3.8, 4) is 0 Å². The standard InChI is InChI=1S/C17H17F4NO5S2/c1-9(23)5-15(28)22-8-11(7-13(22)16(24)27-2)29(25,26)14-4-3-10(18)6-12(14)17(19,20)21/h3-4,6,11,13H,5,7-8H2,1-2H3/t11-,13?/m1/s1. The molecule has 1 aromatic rings. The lowest BCUT2D eigenvalue weighted by Crippen LogP contribution is -2.41. The highest BCUT2D eigenvalue weighted by Gasteiger charge is 2.47. The summed E-state index contributed by atoms with van der Waals surface area (Å²) in [4.78, 5) is 23.5. The fourth-order valence-electron chi connectivity index (χ4n) is 3.12. The van der Waals surface area contributed by atoms with Crippen molar-refractivity contribution in [2.75, 3.05) is 13.7 Å². The first-order valence-corrected chi connectivity index (χ1v) is 10.2. The summed E-state index contributed by atoms with van der Waals surface area (Å²) in [7, 11) is -3.55. The number of likely N-dealkylation sites (tertiary alicyclic amines) is 1. The van der Waals surface area contributed by atoms with Gasteiger partial charge in [-0.25, -0.2) is 17.6 Å². The third kappa shape index (κ3) is 4.92. The maximum atomic E-state index is 13.3. The van der Waals surface area contributed by atoms with Crippen molar-refractivity contribution in [1.29, 1.82) is 0 Å². The van der Waals surface area contributed by atoms with E-state index >= 15 is 0 Å². The van der Waals surface area contributed by atoms with Gasteiger partial charge in [-0.15, -0.1) is 0 Å². The fourth-order valence-corrected chi connectivity index (χ4v) is 5.42. The van der Waals surface area contributed by atoms with Crippen LogP contribution in [0, 0.1) is 5.82 Å². The lowest BCUT2D eigenvalue weighted by atomic mass is 10.2. The number of Topliss-reactive ketones (excluding diaryl/α,β-unsaturated/α-hetero) is 1. The predicted octanol–water partition coefficient (Wildman–Crippen LogP) is 2.54. The van der Waals surface area contributed by atoms with E-state index in [9.17, 15) is 35.6 Å². The molecule has 0 N–H and O–H groups in total. The summed E-state index contributed by atoms with van der Waals surface area (Å²) < 4.78 is 83.7. The van der Waals surface area contributed by atoms with Gasteiger partial charge in [0.05, 0.1) is 34.2 Å². The topological polar surface area (TPSA) is 80.8 Å². The highest BCUT2D eigenvalue weighted by atomic mass is 32.2. The Labute approximate surface area is 169 Å². The van der Waals surface area contributed by atoms with E-state index in [4.69, 9.17) is 12.2 Å². The maximum Gasteiger partial charge on any atom is 0.417 e. The minimum Gasteiger partial charge on any atom is -0.467 e. The fraction of sp³-hybridized carbons (Fsp3) is 0.471. The predicted molar refractivity (Wildman–Crippen MR) is 97.4 cm³/mol. The quantitative estimate of drug-likeness (QED) is 0.292. The molecule has 1 aliphatic heterocycles. The van der Waals surface area contributed by atoms with Crippen LogP contribution in [0.4, 0.5) is 17.6 Å². The molecule has 6 nitrogen and oxygen atoms in total. The Hall–Kier alpha value is -2.08. The van der Waals surface area contributed by atoms with Gasteiger partial charge in [-0.1, -0.05) is 12.2 Å². The zero-order valence-electron chi connectivity index (χ0n) is 15.3. The molecule has 1 aliphatic rings. The number of halogens is 4. The van der Waals surface area contributed by atoms with Crippen LogP contribution < -0.4 is 0 Å². The summed E-state index contributed by atoms with van der Waals surface area (Å²) in [6.07, 6.45) is -5.73. The monoisotopic (exact) mass is 455 g/mol. The lowest BCUT2D eigenvalue weighted by Gasteiger charge is -2.24. The van der Waals surface area contributed by atoms with Gasteiger partial charge in [0.25, 0.3) is 0 Å². The molecule has 1 fully saturated rings. The van der Waals surface area contributed by atoms with E-state index < -0.39 is 56.1 Å². The van der Waals surface area contributed by atoms with E-state index in [1.807, 2.05) is 0 Å². The molecule has 29 heavy (non-hydrogen) atoms. The van der Waals surface area contributed by atoms with Crippen LogP contribution in [0.5, 0.6) is 0 Å². The zero-order valence-corrected chi connectivity index (χ0v) is 17.0. The smallest absolute Gasteiger partial charge is 0.417 e. The molecule has 1 saturated heterocycles. The molecule has 0 saturated carbocycles. The number of ether oxygens (including phenoxy) is 1. The summed E-state index contributed by atoms with van der Waals surface area (Å²) in [5, 5.41) is -1.44. The second-order valence-electron chi connectivity index (χ2n) is 6.50. The second-order valence-corrected chi connectivity index (χ2v) is 9.17. The van der Waals surface area contributed by atoms with E-state index in [1.54, 1.807) is 0 Å². The molecule has 1 aromatic carbocycles. The summed E-state index contributed by atoms with van der Waals surface area (Å²) in [6, 6.07) is 0.114. The van der Waals surface area contributed by atoms with Crippen molar-refractivity contribution in [1.82, 2.24) is 4.90 Å². The molecule has 1 unspecified atom stereocenters. The summed E-state index contributed by atoms with van der Waals surface area (Å²) >= 11 is 5.10. The number of benzene rings is 1. The maximum absolute atomic E-state index is 13.3. The lowest BCUT2D eigenvalue weighted by molar-refractivity contribution is -0.144. The van der Waals surface area contributed by atoms with Crippen LogP contribution in [-0.2, 0) is 30.3 Å². The number of carbonyl (C=O) groups excluding carboxylic acids is 2. The first-order valence-electron chi connectivity index (χ1n) is 8.26. The van der Waals surface area contributed by atoms with Crippen LogP contribution in [0.2, 0.25) is 0 Å². The molecule has 160 valence electrons. The number of ketones is 1. The van der Waals surface area contributed by atoms with Gasteiger partial charge in [0.15, 0.2) is 9.84 Å². The molecule has 0 radical (unpaired) electrons. The van der Waals surface area contributed by atoms with Gasteiger partial charge in [-0.3, -0.25) is 4.79 Å². The van der Waals surface area contributed by atoms with Crippen molar-refractivity contribution in [2.24, 2.45) is 0 Å². The van der Waals surface area contributed by atoms with Gasteiger partial charge >= 0.3 is 12.1 Å². The average molecular weight is 455 g/mol. The first kappa shape index (κ1) is 23.2. The van der Waals surface area contributed by atoms with Crippen molar-refractivity contribution in [3.05, 3.63) is 29.6 Å². The molecule has 0 aliphatic carbocycles. The van der Waals surface area contributed by atoms with Gasteiger partial charge in [0, 0.05) is 6.54 Å². The molecule has 0 bridgehead atoms. The third-order valence-electron chi connectivity index (χ3n) is 4.45. The minimum absolute atomic E-state index is 0.0132. The third-order valence-corrected chi connectivity index (χ3v) is 7.02. The molecule has 0 aromatic heterocycles. The Morgan fingerprint density at radius 1 is 1.31 bits per heavy atom. The molecule has 1 heterocycles. The van der Waals surface area contributed by atoms with Crippen LogP contribution in [0.3, 0.4) is 0 Å². The normalized spacial score (nSPS) is 19.9. The van der Waals surface area contributed by atoms with Gasteiger partial charge < -0.3 is 9.64 Å². The van der Waals surface area contributed by atoms with Gasteiger partial charge in [-0.2, -0.15) is 13.2 Å². The van der Waals surface area contributed by atoms with E-state index in [1.165, 1.54) is 11.8 Å². The number of thiocarbonyl (C=S) groups is 1. The number of carbonyl (C=O) groups is 2. The van der Waals surface area contributed by atoms with Crippen LogP contribution >= 0.6 is 12.2 Å². The Balaban J connectivity index is 2.48. The molecule has 2 atom stereocenters.